The largest absolute Gasteiger partial charge is 0.384 e. The van der Waals surface area contributed by atoms with Gasteiger partial charge in [0.2, 0.25) is 0 Å². The molecule has 2 nitrogen and oxygen atoms in total. The zero-order chi connectivity index (χ0) is 11.6. The first-order valence-electron chi connectivity index (χ1n) is 4.47. The van der Waals surface area contributed by atoms with Gasteiger partial charge in [-0.3, -0.25) is 0 Å². The number of benzene rings is 1. The molecule has 0 bridgehead atoms. The van der Waals surface area contributed by atoms with E-state index in [4.69, 9.17) is 5.26 Å². The zero-order valence-electron chi connectivity index (χ0n) is 8.46. The van der Waals surface area contributed by atoms with E-state index in [2.05, 4.69) is 0 Å². The fourth-order valence-electron chi connectivity index (χ4n) is 1.25. The molecule has 1 aromatic rings. The van der Waals surface area contributed by atoms with Crippen LogP contribution in [0.4, 0.5) is 8.78 Å². The molecule has 4 heteroatoms. The Hall–Kier alpha value is -1.47. The maximum absolute atomic E-state index is 13.3. The third-order valence-electron chi connectivity index (χ3n) is 2.53. The van der Waals surface area contributed by atoms with Crippen LogP contribution in [0, 0.1) is 28.9 Å². The average Bonchev–Trinajstić information content (AvgIpc) is 2.20. The van der Waals surface area contributed by atoms with Gasteiger partial charge in [-0.2, -0.15) is 5.26 Å². The summed E-state index contributed by atoms with van der Waals surface area (Å²) in [7, 11) is 0. The number of halogens is 2. The van der Waals surface area contributed by atoms with Crippen LogP contribution in [-0.4, -0.2) is 5.11 Å². The molecule has 0 aromatic heterocycles. The summed E-state index contributed by atoms with van der Waals surface area (Å²) >= 11 is 0. The van der Waals surface area contributed by atoms with Gasteiger partial charge in [0, 0.05) is 5.56 Å². The predicted octanol–water partition coefficient (Wildman–Crippen LogP) is 2.33. The summed E-state index contributed by atoms with van der Waals surface area (Å²) in [5.41, 5.74) is -1.89. The minimum atomic E-state index is -1.69. The summed E-state index contributed by atoms with van der Waals surface area (Å²) in [6.45, 7) is 2.74. The lowest BCUT2D eigenvalue weighted by Gasteiger charge is -2.26. The fraction of sp³-hybridized carbons (Fsp3) is 0.364. The third-order valence-corrected chi connectivity index (χ3v) is 2.53. The molecule has 0 spiro atoms. The molecule has 0 amide bonds. The van der Waals surface area contributed by atoms with Gasteiger partial charge < -0.3 is 5.11 Å². The van der Waals surface area contributed by atoms with E-state index >= 15 is 0 Å². The van der Waals surface area contributed by atoms with Crippen molar-refractivity contribution in [1.29, 1.82) is 5.26 Å². The molecule has 0 radical (unpaired) electrons. The minimum absolute atomic E-state index is 0.198. The highest BCUT2D eigenvalue weighted by molar-refractivity contribution is 5.26. The van der Waals surface area contributed by atoms with Gasteiger partial charge in [0.1, 0.15) is 5.60 Å². The van der Waals surface area contributed by atoms with E-state index in [0.29, 0.717) is 0 Å². The Kier molecular flexibility index (Phi) is 3.06. The van der Waals surface area contributed by atoms with E-state index in [1.54, 1.807) is 0 Å². The molecule has 1 rings (SSSR count). The summed E-state index contributed by atoms with van der Waals surface area (Å²) in [5, 5.41) is 18.6. The van der Waals surface area contributed by atoms with Crippen molar-refractivity contribution < 1.29 is 13.9 Å². The molecule has 2 unspecified atom stereocenters. The van der Waals surface area contributed by atoms with Crippen molar-refractivity contribution in [3.63, 3.8) is 0 Å². The van der Waals surface area contributed by atoms with Gasteiger partial charge in [0.05, 0.1) is 12.0 Å². The maximum Gasteiger partial charge on any atom is 0.164 e. The van der Waals surface area contributed by atoms with Crippen molar-refractivity contribution >= 4 is 0 Å². The van der Waals surface area contributed by atoms with Crippen LogP contribution in [0.3, 0.4) is 0 Å². The van der Waals surface area contributed by atoms with Crippen molar-refractivity contribution in [2.75, 3.05) is 0 Å². The first-order valence-corrected chi connectivity index (χ1v) is 4.47. The Morgan fingerprint density at radius 1 is 1.47 bits per heavy atom. The van der Waals surface area contributed by atoms with Gasteiger partial charge in [0.15, 0.2) is 11.6 Å². The molecule has 0 aliphatic heterocycles. The third kappa shape index (κ3) is 1.97. The predicted molar refractivity (Wildman–Crippen MR) is 50.7 cm³/mol. The van der Waals surface area contributed by atoms with Crippen LogP contribution >= 0.6 is 0 Å². The van der Waals surface area contributed by atoms with Crippen LogP contribution in [0.2, 0.25) is 0 Å². The molecule has 0 saturated heterocycles. The lowest BCUT2D eigenvalue weighted by Crippen LogP contribution is -2.30. The van der Waals surface area contributed by atoms with Gasteiger partial charge in [-0.1, -0.05) is 12.1 Å². The second kappa shape index (κ2) is 3.95. The molecule has 1 N–H and O–H groups in total. The van der Waals surface area contributed by atoms with E-state index < -0.39 is 23.2 Å². The highest BCUT2D eigenvalue weighted by Crippen LogP contribution is 2.31. The van der Waals surface area contributed by atoms with Crippen molar-refractivity contribution in [2.45, 2.75) is 19.4 Å². The highest BCUT2D eigenvalue weighted by Gasteiger charge is 2.33. The van der Waals surface area contributed by atoms with Crippen LogP contribution in [0.1, 0.15) is 19.4 Å². The number of nitriles is 1. The molecule has 0 saturated carbocycles. The molecule has 0 heterocycles. The van der Waals surface area contributed by atoms with Crippen molar-refractivity contribution in [3.05, 3.63) is 35.4 Å². The van der Waals surface area contributed by atoms with E-state index in [1.807, 2.05) is 6.07 Å². The second-order valence-electron chi connectivity index (χ2n) is 3.60. The summed E-state index contributed by atoms with van der Waals surface area (Å²) in [6.07, 6.45) is 0. The maximum atomic E-state index is 13.3. The molecular formula is C11H11F2NO. The number of hydrogen-bond donors (Lipinski definition) is 1. The van der Waals surface area contributed by atoms with Gasteiger partial charge in [-0.05, 0) is 19.9 Å². The molecule has 0 aliphatic rings. The summed E-state index contributed by atoms with van der Waals surface area (Å²) in [5.74, 6) is -2.96. The Morgan fingerprint density at radius 3 is 2.60 bits per heavy atom. The first kappa shape index (κ1) is 11.6. The number of nitrogens with zero attached hydrogens (tertiary/aromatic N) is 1. The molecule has 2 atom stereocenters. The van der Waals surface area contributed by atoms with E-state index in [-0.39, 0.29) is 5.56 Å². The lowest BCUT2D eigenvalue weighted by molar-refractivity contribution is 0.0191. The Labute approximate surface area is 86.8 Å². The Morgan fingerprint density at radius 2 is 2.07 bits per heavy atom. The molecule has 0 aliphatic carbocycles. The van der Waals surface area contributed by atoms with Crippen LogP contribution in [0.15, 0.2) is 18.2 Å². The average molecular weight is 211 g/mol. The topological polar surface area (TPSA) is 44.0 Å². The normalized spacial score (nSPS) is 16.5. The van der Waals surface area contributed by atoms with Gasteiger partial charge in [0.25, 0.3) is 0 Å². The van der Waals surface area contributed by atoms with Crippen molar-refractivity contribution in [2.24, 2.45) is 5.92 Å². The van der Waals surface area contributed by atoms with E-state index in [1.165, 1.54) is 26.0 Å². The van der Waals surface area contributed by atoms with Crippen molar-refractivity contribution in [3.8, 4) is 6.07 Å². The Bertz CT molecular complexity index is 410. The number of hydrogen-bond acceptors (Lipinski definition) is 2. The first-order chi connectivity index (χ1) is 6.91. The molecule has 1 aromatic carbocycles. The van der Waals surface area contributed by atoms with Crippen LogP contribution in [-0.2, 0) is 5.60 Å². The lowest BCUT2D eigenvalue weighted by atomic mass is 9.84. The summed E-state index contributed by atoms with van der Waals surface area (Å²) in [4.78, 5) is 0. The minimum Gasteiger partial charge on any atom is -0.384 e. The van der Waals surface area contributed by atoms with Gasteiger partial charge in [-0.15, -0.1) is 0 Å². The number of aliphatic hydroxyl groups is 1. The number of rotatable bonds is 2. The summed E-state index contributed by atoms with van der Waals surface area (Å²) < 4.78 is 26.3. The van der Waals surface area contributed by atoms with Crippen molar-refractivity contribution in [1.82, 2.24) is 0 Å². The summed E-state index contributed by atoms with van der Waals surface area (Å²) in [6, 6.07) is 5.34. The Balaban J connectivity index is 3.28. The van der Waals surface area contributed by atoms with Crippen LogP contribution in [0.25, 0.3) is 0 Å². The SMILES string of the molecule is CC(C#N)C(C)(O)c1cccc(F)c1F. The molecule has 15 heavy (non-hydrogen) atoms. The molecule has 0 fully saturated rings. The second-order valence-corrected chi connectivity index (χ2v) is 3.60. The van der Waals surface area contributed by atoms with Gasteiger partial charge >= 0.3 is 0 Å². The quantitative estimate of drug-likeness (QED) is 0.815. The molecular weight excluding hydrogens is 200 g/mol. The van der Waals surface area contributed by atoms with Crippen LogP contribution < -0.4 is 0 Å². The standard InChI is InChI=1S/C11H11F2NO/c1-7(6-14)11(2,15)8-4-3-5-9(12)10(8)13/h3-5,7,15H,1-2H3. The smallest absolute Gasteiger partial charge is 0.164 e. The fourth-order valence-corrected chi connectivity index (χ4v) is 1.25. The molecule has 80 valence electrons. The zero-order valence-corrected chi connectivity index (χ0v) is 8.46. The van der Waals surface area contributed by atoms with E-state index in [0.717, 1.165) is 6.07 Å². The van der Waals surface area contributed by atoms with Crippen LogP contribution in [0.5, 0.6) is 0 Å². The monoisotopic (exact) mass is 211 g/mol. The van der Waals surface area contributed by atoms with E-state index in [9.17, 15) is 13.9 Å². The van der Waals surface area contributed by atoms with Gasteiger partial charge in [-0.25, -0.2) is 8.78 Å². The highest BCUT2D eigenvalue weighted by atomic mass is 19.2.